The summed E-state index contributed by atoms with van der Waals surface area (Å²) in [4.78, 5) is 0. The van der Waals surface area contributed by atoms with Gasteiger partial charge in [-0.25, -0.2) is 0 Å². The van der Waals surface area contributed by atoms with E-state index in [1.54, 1.807) is 0 Å². The summed E-state index contributed by atoms with van der Waals surface area (Å²) in [6, 6.07) is 42.3. The number of hydrogen-bond acceptors (Lipinski definition) is 0. The SMILES string of the molecule is CC(C)[Si](C#Cc1c2cc3c(-c4ccc(C(F)(F)F)cc4)c4ccccc4c(-c4ccc(C(F)(F)F)cc4)c3cc2c(C#C[Si](C(C)C)(C(C)C)C(C)C)c2cc3c(-c4ccc(C(F)(F)F)cc4)c4ccccc4c(-c4ccc(C(F)(F)F)cc4)c3cc12)(C(C)C)C(C)C. The number of alkyl halides is 12. The van der Waals surface area contributed by atoms with Crippen LogP contribution in [-0.4, -0.2) is 16.1 Å². The zero-order valence-electron chi connectivity index (χ0n) is 54.2. The van der Waals surface area contributed by atoms with Crippen molar-refractivity contribution in [2.45, 2.75) is 141 Å². The first-order valence-corrected chi connectivity index (χ1v) is 36.1. The zero-order chi connectivity index (χ0) is 68.1. The van der Waals surface area contributed by atoms with Crippen molar-refractivity contribution < 1.29 is 52.7 Å². The van der Waals surface area contributed by atoms with Crippen molar-refractivity contribution in [3.05, 3.63) is 203 Å². The van der Waals surface area contributed by atoms with E-state index >= 15 is 0 Å². The van der Waals surface area contributed by atoms with Gasteiger partial charge in [0, 0.05) is 11.1 Å². The quantitative estimate of drug-likeness (QED) is 0.0554. The lowest BCUT2D eigenvalue weighted by molar-refractivity contribution is -0.138. The van der Waals surface area contributed by atoms with Gasteiger partial charge in [-0.1, -0.05) is 192 Å². The van der Waals surface area contributed by atoms with E-state index in [0.717, 1.165) is 48.5 Å². The number of fused-ring (bicyclic) bond motifs is 6. The molecule has 0 saturated carbocycles. The maximum atomic E-state index is 14.5. The van der Waals surface area contributed by atoms with Gasteiger partial charge in [0.05, 0.1) is 22.3 Å². The first-order valence-electron chi connectivity index (χ1n) is 31.7. The minimum atomic E-state index is -4.67. The molecule has 0 unspecified atom stereocenters. The van der Waals surface area contributed by atoms with Crippen molar-refractivity contribution in [3.8, 4) is 67.4 Å². The molecule has 0 aliphatic heterocycles. The van der Waals surface area contributed by atoms with Crippen molar-refractivity contribution in [2.24, 2.45) is 0 Å². The molecular formula is C80H70F12Si2. The maximum absolute atomic E-state index is 14.5. The summed E-state index contributed by atoms with van der Waals surface area (Å²) in [5, 5.41) is 7.12. The van der Waals surface area contributed by atoms with Crippen molar-refractivity contribution in [1.82, 2.24) is 0 Å². The minimum Gasteiger partial charge on any atom is -0.166 e. The van der Waals surface area contributed by atoms with E-state index < -0.39 is 63.1 Å². The van der Waals surface area contributed by atoms with E-state index in [1.807, 2.05) is 72.8 Å². The summed E-state index contributed by atoms with van der Waals surface area (Å²) < 4.78 is 174. The smallest absolute Gasteiger partial charge is 0.166 e. The molecule has 0 fully saturated rings. The molecule has 0 bridgehead atoms. The highest BCUT2D eigenvalue weighted by atomic mass is 28.3. The van der Waals surface area contributed by atoms with Gasteiger partial charge in [0.15, 0.2) is 0 Å². The first-order chi connectivity index (χ1) is 44.1. The minimum absolute atomic E-state index is 0.137. The molecule has 11 aromatic carbocycles. The Labute approximate surface area is 542 Å². The van der Waals surface area contributed by atoms with Gasteiger partial charge in [0.25, 0.3) is 0 Å². The monoisotopic (exact) mass is 1310 g/mol. The third-order valence-electron chi connectivity index (χ3n) is 19.9. The molecule has 0 nitrogen and oxygen atoms in total. The molecule has 482 valence electrons. The molecule has 11 rings (SSSR count). The third kappa shape index (κ3) is 11.6. The van der Waals surface area contributed by atoms with E-state index in [4.69, 9.17) is 0 Å². The topological polar surface area (TPSA) is 0 Å². The van der Waals surface area contributed by atoms with Crippen LogP contribution in [0.5, 0.6) is 0 Å². The van der Waals surface area contributed by atoms with E-state index in [0.29, 0.717) is 120 Å². The van der Waals surface area contributed by atoms with Crippen molar-refractivity contribution in [3.63, 3.8) is 0 Å². The standard InChI is InChI=1S/C80H70F12Si2/c1-45(2)93(46(3)4,47(5)6)39-37-59-65-41-69-71(75(53-25-33-57(34-26-53)79(87,88)89)63-19-15-13-17-61(63)73(69)51-21-29-55(30-22-51)77(81,82)83)43-67(65)60(38-40-94(48(7)8,49(9)10)50(11)12)68-44-72-70(42-66(59)68)74(52-23-31-56(32-24-52)78(84,85)86)62-18-14-16-20-64(62)76(72)54-27-35-58(36-28-54)80(90,91)92/h13-36,41-50H,1-12H3. The molecule has 0 saturated heterocycles. The van der Waals surface area contributed by atoms with Gasteiger partial charge in [-0.2, -0.15) is 52.7 Å². The van der Waals surface area contributed by atoms with Gasteiger partial charge >= 0.3 is 24.7 Å². The Morgan fingerprint density at radius 1 is 0.245 bits per heavy atom. The molecule has 0 atom stereocenters. The fourth-order valence-electron chi connectivity index (χ4n) is 15.6. The molecule has 0 radical (unpaired) electrons. The van der Waals surface area contributed by atoms with Gasteiger partial charge in [-0.3, -0.25) is 0 Å². The summed E-state index contributed by atoms with van der Waals surface area (Å²) in [5.41, 5.74) is 10.5. The van der Waals surface area contributed by atoms with E-state index in [1.165, 1.54) is 48.5 Å². The fourth-order valence-corrected chi connectivity index (χ4v) is 26.0. The molecule has 0 amide bonds. The highest BCUT2D eigenvalue weighted by Gasteiger charge is 2.44. The summed E-state index contributed by atoms with van der Waals surface area (Å²) in [6.07, 6.45) is -18.7. The molecule has 0 aliphatic carbocycles. The predicted molar refractivity (Wildman–Crippen MR) is 369 cm³/mol. The molecule has 11 aromatic rings. The van der Waals surface area contributed by atoms with Gasteiger partial charge in [0.1, 0.15) is 16.1 Å². The lowest BCUT2D eigenvalue weighted by Gasteiger charge is -2.38. The van der Waals surface area contributed by atoms with Gasteiger partial charge in [0.2, 0.25) is 0 Å². The molecule has 0 aromatic heterocycles. The number of rotatable bonds is 10. The second-order valence-electron chi connectivity index (χ2n) is 26.8. The van der Waals surface area contributed by atoms with E-state index in [9.17, 15) is 52.7 Å². The summed E-state index contributed by atoms with van der Waals surface area (Å²) in [7, 11) is -5.39. The largest absolute Gasteiger partial charge is 0.416 e. The maximum Gasteiger partial charge on any atom is 0.416 e. The normalized spacial score (nSPS) is 13.1. The highest BCUT2D eigenvalue weighted by Crippen LogP contribution is 2.52. The Bertz CT molecular complexity index is 4270. The second-order valence-corrected chi connectivity index (χ2v) is 38.0. The fraction of sp³-hybridized carbons (Fsp3) is 0.275. The zero-order valence-corrected chi connectivity index (χ0v) is 56.2. The first kappa shape index (κ1) is 67.1. The van der Waals surface area contributed by atoms with Crippen LogP contribution < -0.4 is 0 Å². The average Bonchev–Trinajstić information content (AvgIpc) is 0.706. The average molecular weight is 1320 g/mol. The number of hydrogen-bond donors (Lipinski definition) is 0. The second kappa shape index (κ2) is 24.5. The van der Waals surface area contributed by atoms with Gasteiger partial charge in [-0.05, 0) is 215 Å². The Hall–Kier alpha value is -8.31. The van der Waals surface area contributed by atoms with Crippen molar-refractivity contribution in [2.75, 3.05) is 0 Å². The van der Waals surface area contributed by atoms with Crippen LogP contribution in [0.25, 0.3) is 109 Å². The van der Waals surface area contributed by atoms with E-state index in [2.05, 4.69) is 106 Å². The van der Waals surface area contributed by atoms with Crippen LogP contribution in [0.4, 0.5) is 52.7 Å². The van der Waals surface area contributed by atoms with Crippen molar-refractivity contribution in [1.29, 1.82) is 0 Å². The van der Waals surface area contributed by atoms with Gasteiger partial charge < -0.3 is 0 Å². The molecule has 0 spiro atoms. The lowest BCUT2D eigenvalue weighted by Crippen LogP contribution is -2.43. The van der Waals surface area contributed by atoms with Crippen LogP contribution in [0, 0.1) is 22.9 Å². The Kier molecular flexibility index (Phi) is 17.5. The van der Waals surface area contributed by atoms with E-state index in [-0.39, 0.29) is 33.2 Å². The highest BCUT2D eigenvalue weighted by molar-refractivity contribution is 6.91. The van der Waals surface area contributed by atoms with Gasteiger partial charge in [-0.15, -0.1) is 11.1 Å². The molecule has 94 heavy (non-hydrogen) atoms. The lowest BCUT2D eigenvalue weighted by atomic mass is 9.81. The molecule has 0 heterocycles. The predicted octanol–water partition coefficient (Wildman–Crippen LogP) is 26.5. The summed E-state index contributed by atoms with van der Waals surface area (Å²) in [5.74, 6) is 7.77. The Morgan fingerprint density at radius 3 is 0.585 bits per heavy atom. The Morgan fingerprint density at radius 2 is 0.426 bits per heavy atom. The third-order valence-corrected chi connectivity index (χ3v) is 32.5. The molecule has 0 N–H and O–H groups in total. The summed E-state index contributed by atoms with van der Waals surface area (Å²) in [6.45, 7) is 26.3. The van der Waals surface area contributed by atoms with Crippen LogP contribution in [-0.2, 0) is 24.7 Å². The number of benzene rings is 11. The summed E-state index contributed by atoms with van der Waals surface area (Å²) >= 11 is 0. The van der Waals surface area contributed by atoms with Crippen molar-refractivity contribution >= 4 is 80.8 Å². The Balaban J connectivity index is 1.47. The molecule has 0 aliphatic rings. The van der Waals surface area contributed by atoms with Crippen LogP contribution >= 0.6 is 0 Å². The van der Waals surface area contributed by atoms with Crippen LogP contribution in [0.15, 0.2) is 170 Å². The molecule has 14 heteroatoms. The number of halogens is 12. The van der Waals surface area contributed by atoms with Crippen LogP contribution in [0.2, 0.25) is 33.2 Å². The van der Waals surface area contributed by atoms with Crippen LogP contribution in [0.1, 0.15) is 116 Å². The molecular weight excluding hydrogens is 1250 g/mol. The van der Waals surface area contributed by atoms with Crippen LogP contribution in [0.3, 0.4) is 0 Å².